The fraction of sp³-hybridized carbons (Fsp3) is 0.0556. The number of carbonyl (C=O) groups excluding carboxylic acids is 1. The molecule has 0 aliphatic carbocycles. The molecule has 2 N–H and O–H groups in total. The van der Waals surface area contributed by atoms with E-state index < -0.39 is 10.8 Å². The Bertz CT molecular complexity index is 1090. The number of rotatable bonds is 5. The first-order valence-electron chi connectivity index (χ1n) is 8.13. The van der Waals surface area contributed by atoms with Crippen LogP contribution in [0.15, 0.2) is 53.6 Å². The van der Waals surface area contributed by atoms with Crippen LogP contribution in [0.4, 0.5) is 5.69 Å². The molecule has 28 heavy (non-hydrogen) atoms. The van der Waals surface area contributed by atoms with Gasteiger partial charge in [-0.3, -0.25) is 20.0 Å². The van der Waals surface area contributed by atoms with E-state index in [-0.39, 0.29) is 18.2 Å². The first kappa shape index (κ1) is 17.2. The molecule has 10 nitrogen and oxygen atoms in total. The largest absolute Gasteiger partial charge is 0.454 e. The monoisotopic (exact) mass is 379 g/mol. The lowest BCUT2D eigenvalue weighted by Crippen LogP contribution is -2.18. The highest BCUT2D eigenvalue weighted by atomic mass is 16.7. The minimum atomic E-state index is -0.502. The van der Waals surface area contributed by atoms with Gasteiger partial charge in [-0.15, -0.1) is 0 Å². The summed E-state index contributed by atoms with van der Waals surface area (Å²) in [7, 11) is 0. The summed E-state index contributed by atoms with van der Waals surface area (Å²) in [6, 6.07) is 12.8. The van der Waals surface area contributed by atoms with Crippen molar-refractivity contribution in [3.05, 3.63) is 69.9 Å². The van der Waals surface area contributed by atoms with Crippen molar-refractivity contribution >= 4 is 17.8 Å². The summed E-state index contributed by atoms with van der Waals surface area (Å²) < 4.78 is 10.6. The Morgan fingerprint density at radius 2 is 2.07 bits per heavy atom. The number of nitrogens with one attached hydrogen (secondary N) is 2. The third kappa shape index (κ3) is 3.51. The van der Waals surface area contributed by atoms with Gasteiger partial charge in [0.25, 0.3) is 11.6 Å². The second kappa shape index (κ2) is 7.19. The smallest absolute Gasteiger partial charge is 0.289 e. The lowest BCUT2D eigenvalue weighted by atomic mass is 10.1. The van der Waals surface area contributed by atoms with E-state index in [1.807, 2.05) is 6.07 Å². The minimum absolute atomic E-state index is 0.0581. The van der Waals surface area contributed by atoms with Crippen molar-refractivity contribution in [2.24, 2.45) is 5.10 Å². The molecule has 0 atom stereocenters. The molecule has 2 aromatic carbocycles. The van der Waals surface area contributed by atoms with Crippen molar-refractivity contribution in [1.29, 1.82) is 0 Å². The number of nitrogens with zero attached hydrogens (tertiary/aromatic N) is 3. The first-order valence-corrected chi connectivity index (χ1v) is 8.13. The van der Waals surface area contributed by atoms with Crippen molar-refractivity contribution < 1.29 is 19.2 Å². The molecular formula is C18H13N5O5. The molecular weight excluding hydrogens is 366 g/mol. The summed E-state index contributed by atoms with van der Waals surface area (Å²) in [5, 5.41) is 21.4. The molecule has 2 heterocycles. The number of carbonyl (C=O) groups is 1. The number of ether oxygens (including phenoxy) is 2. The highest BCUT2D eigenvalue weighted by Gasteiger charge is 2.16. The predicted octanol–water partition coefficient (Wildman–Crippen LogP) is 2.48. The van der Waals surface area contributed by atoms with Gasteiger partial charge in [0.1, 0.15) is 5.69 Å². The number of hydrazone groups is 1. The molecule has 140 valence electrons. The number of aromatic nitrogens is 2. The Hall–Kier alpha value is -4.21. The topological polar surface area (TPSA) is 132 Å². The standard InChI is InChI=1S/C18H13N5O5/c24-18(22-19-9-11-2-1-3-13(6-11)23(25)26)15-8-14(20-21-15)12-4-5-16-17(7-12)28-10-27-16/h1-9H,10H2,(H,20,21)(H,22,24). The van der Waals surface area contributed by atoms with Gasteiger partial charge in [-0.25, -0.2) is 5.43 Å². The minimum Gasteiger partial charge on any atom is -0.454 e. The summed E-state index contributed by atoms with van der Waals surface area (Å²) in [5.41, 5.74) is 4.31. The number of amides is 1. The maximum Gasteiger partial charge on any atom is 0.289 e. The van der Waals surface area contributed by atoms with E-state index in [1.165, 1.54) is 24.4 Å². The molecule has 0 bridgehead atoms. The number of hydrogen-bond donors (Lipinski definition) is 2. The van der Waals surface area contributed by atoms with Crippen LogP contribution in [0.1, 0.15) is 16.1 Å². The van der Waals surface area contributed by atoms with Crippen molar-refractivity contribution in [2.75, 3.05) is 6.79 Å². The van der Waals surface area contributed by atoms with Crippen LogP contribution in [0.5, 0.6) is 11.5 Å². The number of nitro benzene ring substituents is 1. The molecule has 3 aromatic rings. The average molecular weight is 379 g/mol. The van der Waals surface area contributed by atoms with E-state index in [9.17, 15) is 14.9 Å². The first-order chi connectivity index (χ1) is 13.6. The van der Waals surface area contributed by atoms with Gasteiger partial charge in [-0.05, 0) is 24.3 Å². The van der Waals surface area contributed by atoms with Gasteiger partial charge in [0.05, 0.1) is 16.8 Å². The molecule has 0 spiro atoms. The number of benzene rings is 2. The zero-order valence-electron chi connectivity index (χ0n) is 14.3. The fourth-order valence-electron chi connectivity index (χ4n) is 2.59. The number of nitro groups is 1. The van der Waals surface area contributed by atoms with Gasteiger partial charge < -0.3 is 9.47 Å². The van der Waals surface area contributed by atoms with Crippen molar-refractivity contribution in [3.8, 4) is 22.8 Å². The normalized spacial score (nSPS) is 12.3. The Labute approximate surface area is 157 Å². The summed E-state index contributed by atoms with van der Waals surface area (Å²) in [4.78, 5) is 22.5. The lowest BCUT2D eigenvalue weighted by molar-refractivity contribution is -0.384. The summed E-state index contributed by atoms with van der Waals surface area (Å²) in [5.74, 6) is 0.780. The maximum absolute atomic E-state index is 12.2. The Morgan fingerprint density at radius 3 is 2.93 bits per heavy atom. The quantitative estimate of drug-likeness (QED) is 0.398. The van der Waals surface area contributed by atoms with Crippen LogP contribution in [0.25, 0.3) is 11.3 Å². The molecule has 1 aliphatic rings. The van der Waals surface area contributed by atoms with Crippen LogP contribution in [-0.4, -0.2) is 34.0 Å². The van der Waals surface area contributed by atoms with E-state index >= 15 is 0 Å². The molecule has 1 amide bonds. The maximum atomic E-state index is 12.2. The number of H-pyrrole nitrogens is 1. The number of non-ortho nitro benzene ring substituents is 1. The van der Waals surface area contributed by atoms with E-state index in [0.717, 1.165) is 5.56 Å². The van der Waals surface area contributed by atoms with E-state index in [1.54, 1.807) is 24.3 Å². The van der Waals surface area contributed by atoms with Gasteiger partial charge in [0, 0.05) is 23.3 Å². The highest BCUT2D eigenvalue weighted by molar-refractivity contribution is 5.94. The Balaban J connectivity index is 1.43. The molecule has 0 saturated heterocycles. The van der Waals surface area contributed by atoms with Crippen LogP contribution in [-0.2, 0) is 0 Å². The number of fused-ring (bicyclic) bond motifs is 1. The van der Waals surface area contributed by atoms with E-state index in [0.29, 0.717) is 22.8 Å². The molecule has 0 radical (unpaired) electrons. The van der Waals surface area contributed by atoms with Crippen LogP contribution >= 0.6 is 0 Å². The second-order valence-corrected chi connectivity index (χ2v) is 5.79. The Kier molecular flexibility index (Phi) is 4.42. The molecule has 4 rings (SSSR count). The average Bonchev–Trinajstić information content (AvgIpc) is 3.37. The Morgan fingerprint density at radius 1 is 1.21 bits per heavy atom. The van der Waals surface area contributed by atoms with Crippen LogP contribution in [0.2, 0.25) is 0 Å². The van der Waals surface area contributed by atoms with Crippen molar-refractivity contribution in [2.45, 2.75) is 0 Å². The van der Waals surface area contributed by atoms with Gasteiger partial charge in [-0.1, -0.05) is 12.1 Å². The molecule has 10 heteroatoms. The van der Waals surface area contributed by atoms with Gasteiger partial charge in [-0.2, -0.15) is 10.2 Å². The number of hydrogen-bond acceptors (Lipinski definition) is 7. The zero-order chi connectivity index (χ0) is 19.5. The molecule has 0 fully saturated rings. The van der Waals surface area contributed by atoms with Crippen molar-refractivity contribution in [1.82, 2.24) is 15.6 Å². The third-order valence-electron chi connectivity index (χ3n) is 3.95. The van der Waals surface area contributed by atoms with Crippen LogP contribution < -0.4 is 14.9 Å². The highest BCUT2D eigenvalue weighted by Crippen LogP contribution is 2.35. The van der Waals surface area contributed by atoms with E-state index in [4.69, 9.17) is 9.47 Å². The van der Waals surface area contributed by atoms with Crippen LogP contribution in [0.3, 0.4) is 0 Å². The zero-order valence-corrected chi connectivity index (χ0v) is 14.3. The summed E-state index contributed by atoms with van der Waals surface area (Å²) in [6.45, 7) is 0.176. The molecule has 1 aromatic heterocycles. The van der Waals surface area contributed by atoms with Crippen molar-refractivity contribution in [3.63, 3.8) is 0 Å². The number of aromatic amines is 1. The van der Waals surface area contributed by atoms with Gasteiger partial charge in [0.15, 0.2) is 11.5 Å². The van der Waals surface area contributed by atoms with Gasteiger partial charge >= 0.3 is 0 Å². The van der Waals surface area contributed by atoms with E-state index in [2.05, 4.69) is 20.7 Å². The summed E-state index contributed by atoms with van der Waals surface area (Å²) >= 11 is 0. The van der Waals surface area contributed by atoms with Crippen LogP contribution in [0, 0.1) is 10.1 Å². The summed E-state index contributed by atoms with van der Waals surface area (Å²) in [6.07, 6.45) is 1.32. The predicted molar refractivity (Wildman–Crippen MR) is 98.3 cm³/mol. The third-order valence-corrected chi connectivity index (χ3v) is 3.95. The van der Waals surface area contributed by atoms with Gasteiger partial charge in [0.2, 0.25) is 6.79 Å². The fourth-order valence-corrected chi connectivity index (χ4v) is 2.59. The molecule has 0 unspecified atom stereocenters. The molecule has 0 saturated carbocycles. The molecule has 1 aliphatic heterocycles. The SMILES string of the molecule is O=C(NN=Cc1cccc([N+](=O)[O-])c1)c1cc(-c2ccc3c(c2)OCO3)n[nH]1. The lowest BCUT2D eigenvalue weighted by Gasteiger charge is -1.99. The second-order valence-electron chi connectivity index (χ2n) is 5.79.